The van der Waals surface area contributed by atoms with E-state index in [1.807, 2.05) is 48.5 Å². The molecule has 0 aliphatic carbocycles. The first-order valence-electron chi connectivity index (χ1n) is 9.32. The van der Waals surface area contributed by atoms with Gasteiger partial charge in [-0.15, -0.1) is 0 Å². The van der Waals surface area contributed by atoms with E-state index in [1.165, 1.54) is 0 Å². The average molecular weight is 736 g/mol. The van der Waals surface area contributed by atoms with Gasteiger partial charge in [-0.05, 0) is 0 Å². The summed E-state index contributed by atoms with van der Waals surface area (Å²) in [5, 5.41) is 71.4. The van der Waals surface area contributed by atoms with Crippen molar-refractivity contribution in [3.05, 3.63) is 48.5 Å². The standard InChI is InChI=1S/2C6H8N2.4C2H2O4.4H2O.Zr/c2*7-5-1-2-6(8)4-3-5;4*3-1(4)2(5)6;;;;;/h2*1-4H,7-8H2;4*(H,3,4)(H,5,6);4*1H2;/q;;;;;;;;;;+4/p-4. The smallest absolute Gasteiger partial charge is 0.543 e. The zero-order chi connectivity index (χ0) is 32.6. The molecule has 0 spiro atoms. The van der Waals surface area contributed by atoms with Crippen molar-refractivity contribution in [3.8, 4) is 0 Å². The molecule has 0 amide bonds. The molecule has 45 heavy (non-hydrogen) atoms. The zero-order valence-electron chi connectivity index (χ0n) is 22.5. The van der Waals surface area contributed by atoms with Crippen LogP contribution >= 0.6 is 0 Å². The van der Waals surface area contributed by atoms with E-state index in [1.54, 1.807) is 0 Å². The molecule has 24 nitrogen and oxygen atoms in total. The van der Waals surface area contributed by atoms with Gasteiger partial charge in [-0.2, -0.15) is 0 Å². The minimum atomic E-state index is -2.19. The number of carboxylic acids is 8. The summed E-state index contributed by atoms with van der Waals surface area (Å²) in [6.45, 7) is 0. The molecule has 0 fully saturated rings. The normalized spacial score (nSPS) is 7.20. The number of benzene rings is 2. The summed E-state index contributed by atoms with van der Waals surface area (Å²) in [6, 6.07) is 15.6. The predicted octanol–water partition coefficient (Wildman–Crippen LogP) is -18.5. The molecule has 2 aromatic rings. The van der Waals surface area contributed by atoms with E-state index in [4.69, 9.17) is 79.2 Å². The summed E-state index contributed by atoms with van der Waals surface area (Å²) in [7, 11) is 0. The molecule has 0 aromatic heterocycles. The molecule has 0 atom stereocenters. The predicted molar refractivity (Wildman–Crippen MR) is 118 cm³/mol. The van der Waals surface area contributed by atoms with E-state index in [0.29, 0.717) is 0 Å². The molecular weight excluding hydrogens is 707 g/mol. The SMILES string of the molecule is O.O.O.O.O=C([O-])C(=O)[O-].O=C([O-])C(=O)[O-].O=C([O-])C(=O)[O-].O=C([O-])C(=O)[O-].[NH3+]c1ccc([NH3+])cc1.[NH3+]c1ccc([NH3+])cc1.[Zr+4]. The third-order valence-electron chi connectivity index (χ3n) is 2.71. The number of aliphatic carboxylic acids is 8. The number of carbonyl (C=O) groups excluding carboxylic acids is 8. The Bertz CT molecular complexity index is 930. The van der Waals surface area contributed by atoms with Gasteiger partial charge in [0.05, 0.1) is 47.8 Å². The van der Waals surface area contributed by atoms with Crippen molar-refractivity contribution >= 4 is 70.5 Å². The summed E-state index contributed by atoms with van der Waals surface area (Å²) in [4.78, 5) is 71.4. The summed E-state index contributed by atoms with van der Waals surface area (Å²) in [6.07, 6.45) is 0. The van der Waals surface area contributed by atoms with Gasteiger partial charge in [0.2, 0.25) is 0 Å². The first-order chi connectivity index (χ1) is 18.1. The van der Waals surface area contributed by atoms with Gasteiger partial charge in [-0.3, -0.25) is 0 Å². The van der Waals surface area contributed by atoms with E-state index < -0.39 is 47.8 Å². The van der Waals surface area contributed by atoms with E-state index in [-0.39, 0.29) is 48.1 Å². The van der Waals surface area contributed by atoms with Crippen LogP contribution in [0.1, 0.15) is 0 Å². The summed E-state index contributed by atoms with van der Waals surface area (Å²) in [5.74, 6) is -17.5. The van der Waals surface area contributed by atoms with Gasteiger partial charge >= 0.3 is 26.2 Å². The van der Waals surface area contributed by atoms with Crippen LogP contribution in [-0.2, 0) is 64.6 Å². The fourth-order valence-corrected chi connectivity index (χ4v) is 1.08. The fraction of sp³-hybridized carbons (Fsp3) is 0. The molecule has 0 aliphatic rings. The summed E-state index contributed by atoms with van der Waals surface area (Å²) in [5.41, 5.74) is 19.1. The van der Waals surface area contributed by atoms with Gasteiger partial charge < -0.3 is 124 Å². The van der Waals surface area contributed by atoms with Crippen molar-refractivity contribution in [2.45, 2.75) is 0 Å². The van der Waals surface area contributed by atoms with Crippen LogP contribution in [0.5, 0.6) is 0 Å². The summed E-state index contributed by atoms with van der Waals surface area (Å²) < 4.78 is 0. The van der Waals surface area contributed by atoms with Crippen LogP contribution in [0.2, 0.25) is 0 Å². The largest absolute Gasteiger partial charge is 4.00 e. The second-order valence-corrected chi connectivity index (χ2v) is 5.93. The number of carboxylic acid groups (broad SMARTS) is 8. The fourth-order valence-electron chi connectivity index (χ4n) is 1.08. The van der Waals surface area contributed by atoms with Crippen molar-refractivity contribution in [2.75, 3.05) is 0 Å². The first-order valence-corrected chi connectivity index (χ1v) is 9.32. The van der Waals surface area contributed by atoms with Crippen molar-refractivity contribution in [2.24, 2.45) is 0 Å². The Morgan fingerprint density at radius 3 is 0.422 bits per heavy atom. The van der Waals surface area contributed by atoms with E-state index in [9.17, 15) is 0 Å². The first kappa shape index (κ1) is 63.1. The minimum absolute atomic E-state index is 0. The molecule has 0 saturated heterocycles. The molecule has 0 unspecified atom stereocenters. The Morgan fingerprint density at radius 1 is 0.311 bits per heavy atom. The molecule has 252 valence electrons. The minimum Gasteiger partial charge on any atom is -0.543 e. The number of rotatable bonds is 0. The summed E-state index contributed by atoms with van der Waals surface area (Å²) >= 11 is 0. The third-order valence-corrected chi connectivity index (χ3v) is 2.71. The maximum Gasteiger partial charge on any atom is 4.00 e. The number of quaternary nitrogens is 4. The molecule has 25 heteroatoms. The van der Waals surface area contributed by atoms with Crippen LogP contribution in [0.15, 0.2) is 48.5 Å². The third kappa shape index (κ3) is 55.4. The molecule has 0 radical (unpaired) electrons. The molecule has 2 aromatic carbocycles. The van der Waals surface area contributed by atoms with Crippen LogP contribution in [0, 0.1) is 0 Å². The van der Waals surface area contributed by atoms with Crippen LogP contribution in [-0.4, -0.2) is 69.7 Å². The van der Waals surface area contributed by atoms with Gasteiger partial charge in [0.25, 0.3) is 0 Å². The molecule has 2 rings (SSSR count). The van der Waals surface area contributed by atoms with Crippen LogP contribution < -0.4 is 63.8 Å². The Balaban J connectivity index is -0.0000000486. The van der Waals surface area contributed by atoms with Gasteiger partial charge in [-0.25, -0.2) is 0 Å². The maximum absolute atomic E-state index is 8.93. The number of carbonyl (C=O) groups is 8. The van der Waals surface area contributed by atoms with Crippen LogP contribution in [0.25, 0.3) is 0 Å². The van der Waals surface area contributed by atoms with Crippen molar-refractivity contribution in [3.63, 3.8) is 0 Å². The molecular formula is C20H28N4O20Zr. The van der Waals surface area contributed by atoms with Crippen LogP contribution in [0.3, 0.4) is 0 Å². The number of hydrogen-bond donors (Lipinski definition) is 4. The average Bonchev–Trinajstić information content (AvgIpc) is 2.84. The molecule has 0 saturated carbocycles. The molecule has 0 aliphatic heterocycles. The van der Waals surface area contributed by atoms with Crippen molar-refractivity contribution < 1.29 is 150 Å². The van der Waals surface area contributed by atoms with Gasteiger partial charge in [-0.1, -0.05) is 0 Å². The zero-order valence-corrected chi connectivity index (χ0v) is 24.9. The van der Waals surface area contributed by atoms with Crippen molar-refractivity contribution in [1.29, 1.82) is 0 Å². The maximum atomic E-state index is 8.93. The number of hydrogen-bond acceptors (Lipinski definition) is 16. The quantitative estimate of drug-likeness (QED) is 0.182. The van der Waals surface area contributed by atoms with Gasteiger partial charge in [0, 0.05) is 48.5 Å². The second-order valence-electron chi connectivity index (χ2n) is 5.93. The van der Waals surface area contributed by atoms with Gasteiger partial charge in [0.1, 0.15) is 22.7 Å². The van der Waals surface area contributed by atoms with Gasteiger partial charge in [0.15, 0.2) is 0 Å². The molecule has 20 N–H and O–H groups in total. The molecule has 0 bridgehead atoms. The van der Waals surface area contributed by atoms with E-state index >= 15 is 0 Å². The molecule has 0 heterocycles. The van der Waals surface area contributed by atoms with E-state index in [2.05, 4.69) is 22.9 Å². The topological polar surface area (TPSA) is 558 Å². The van der Waals surface area contributed by atoms with E-state index in [0.717, 1.165) is 22.7 Å². The Hall–Kier alpha value is -5.24. The second kappa shape index (κ2) is 36.8. The Morgan fingerprint density at radius 2 is 0.378 bits per heavy atom. The van der Waals surface area contributed by atoms with Crippen LogP contribution in [0.4, 0.5) is 22.7 Å². The van der Waals surface area contributed by atoms with Crippen molar-refractivity contribution in [1.82, 2.24) is 0 Å². The Kier molecular flexibility index (Phi) is 51.6. The monoisotopic (exact) mass is 734 g/mol. The Labute approximate surface area is 269 Å².